The van der Waals surface area contributed by atoms with E-state index in [1.807, 2.05) is 6.92 Å². The topological polar surface area (TPSA) is 27.7 Å². The second kappa shape index (κ2) is 4.04. The molecule has 1 heterocycles. The van der Waals surface area contributed by atoms with Gasteiger partial charge in [-0.2, -0.15) is 0 Å². The van der Waals surface area contributed by atoms with Crippen molar-refractivity contribution in [1.82, 2.24) is 0 Å². The van der Waals surface area contributed by atoms with Crippen molar-refractivity contribution in [2.75, 3.05) is 20.3 Å². The van der Waals surface area contributed by atoms with Crippen LogP contribution in [-0.4, -0.2) is 26.3 Å². The van der Waals surface area contributed by atoms with Crippen LogP contribution in [0.1, 0.15) is 26.2 Å². The second-order valence-electron chi connectivity index (χ2n) is 2.63. The average Bonchev–Trinajstić information content (AvgIpc) is 2.07. The Morgan fingerprint density at radius 1 is 1.45 bits per heavy atom. The van der Waals surface area contributed by atoms with Crippen LogP contribution in [0.5, 0.6) is 0 Å². The number of ether oxygens (including phenoxy) is 3. The maximum atomic E-state index is 5.41. The van der Waals surface area contributed by atoms with Gasteiger partial charge in [-0.25, -0.2) is 0 Å². The molecule has 0 N–H and O–H groups in total. The predicted molar refractivity (Wildman–Crippen MR) is 41.2 cm³/mol. The standard InChI is InChI=1S/C8H16O3/c1-3-10-8(9-2)6-4-5-7-11-8/h3-7H2,1-2H3. The van der Waals surface area contributed by atoms with Gasteiger partial charge in [-0.15, -0.1) is 0 Å². The van der Waals surface area contributed by atoms with Crippen molar-refractivity contribution >= 4 is 0 Å². The summed E-state index contributed by atoms with van der Waals surface area (Å²) in [5, 5.41) is 0. The summed E-state index contributed by atoms with van der Waals surface area (Å²) >= 11 is 0. The van der Waals surface area contributed by atoms with E-state index in [1.54, 1.807) is 7.11 Å². The molecule has 1 saturated heterocycles. The molecule has 0 spiro atoms. The lowest BCUT2D eigenvalue weighted by Crippen LogP contribution is -2.41. The molecule has 1 fully saturated rings. The third kappa shape index (κ3) is 2.15. The molecule has 0 aromatic rings. The molecule has 0 aliphatic carbocycles. The quantitative estimate of drug-likeness (QED) is 0.586. The highest BCUT2D eigenvalue weighted by atomic mass is 16.9. The third-order valence-corrected chi connectivity index (χ3v) is 1.87. The van der Waals surface area contributed by atoms with Crippen LogP contribution >= 0.6 is 0 Å². The van der Waals surface area contributed by atoms with E-state index in [0.29, 0.717) is 6.61 Å². The van der Waals surface area contributed by atoms with Gasteiger partial charge in [0.25, 0.3) is 5.97 Å². The number of hydrogen-bond acceptors (Lipinski definition) is 3. The molecule has 1 unspecified atom stereocenters. The van der Waals surface area contributed by atoms with E-state index >= 15 is 0 Å². The fraction of sp³-hybridized carbons (Fsp3) is 1.00. The molecule has 3 nitrogen and oxygen atoms in total. The summed E-state index contributed by atoms with van der Waals surface area (Å²) in [6, 6.07) is 0. The van der Waals surface area contributed by atoms with Gasteiger partial charge >= 0.3 is 0 Å². The Balaban J connectivity index is 2.42. The predicted octanol–water partition coefficient (Wildman–Crippen LogP) is 1.52. The van der Waals surface area contributed by atoms with Crippen LogP contribution in [0.4, 0.5) is 0 Å². The highest BCUT2D eigenvalue weighted by Gasteiger charge is 2.33. The summed E-state index contributed by atoms with van der Waals surface area (Å²) in [5.41, 5.74) is 0. The van der Waals surface area contributed by atoms with Crippen LogP contribution in [0.2, 0.25) is 0 Å². The molecule has 0 aromatic carbocycles. The fourth-order valence-corrected chi connectivity index (χ4v) is 1.30. The maximum Gasteiger partial charge on any atom is 0.282 e. The van der Waals surface area contributed by atoms with Gasteiger partial charge < -0.3 is 14.2 Å². The molecule has 0 radical (unpaired) electrons. The Morgan fingerprint density at radius 2 is 2.27 bits per heavy atom. The lowest BCUT2D eigenvalue weighted by molar-refractivity contribution is -0.382. The van der Waals surface area contributed by atoms with E-state index in [1.165, 1.54) is 0 Å². The first kappa shape index (κ1) is 8.97. The minimum Gasteiger partial charge on any atom is -0.331 e. The van der Waals surface area contributed by atoms with Gasteiger partial charge in [-0.1, -0.05) is 0 Å². The van der Waals surface area contributed by atoms with E-state index < -0.39 is 5.97 Å². The number of hydrogen-bond donors (Lipinski definition) is 0. The first-order valence-corrected chi connectivity index (χ1v) is 4.16. The van der Waals surface area contributed by atoms with E-state index in [9.17, 15) is 0 Å². The maximum absolute atomic E-state index is 5.41. The SMILES string of the molecule is CCOC1(OC)CCCCO1. The first-order chi connectivity index (χ1) is 5.33. The molecule has 1 aliphatic rings. The minimum absolute atomic E-state index is 0.633. The van der Waals surface area contributed by atoms with Crippen molar-refractivity contribution < 1.29 is 14.2 Å². The Kier molecular flexibility index (Phi) is 3.30. The Bertz CT molecular complexity index is 102. The lowest BCUT2D eigenvalue weighted by atomic mass is 10.2. The fourth-order valence-electron chi connectivity index (χ4n) is 1.30. The van der Waals surface area contributed by atoms with Gasteiger partial charge in [0.1, 0.15) is 0 Å². The van der Waals surface area contributed by atoms with Gasteiger partial charge in [0.05, 0.1) is 6.61 Å². The molecule has 0 amide bonds. The van der Waals surface area contributed by atoms with Crippen molar-refractivity contribution in [3.8, 4) is 0 Å². The monoisotopic (exact) mass is 160 g/mol. The summed E-state index contributed by atoms with van der Waals surface area (Å²) in [5.74, 6) is -0.729. The molecule has 11 heavy (non-hydrogen) atoms. The van der Waals surface area contributed by atoms with Crippen LogP contribution in [0.25, 0.3) is 0 Å². The highest BCUT2D eigenvalue weighted by molar-refractivity contribution is 4.62. The van der Waals surface area contributed by atoms with Crippen LogP contribution in [0.15, 0.2) is 0 Å². The molecular weight excluding hydrogens is 144 g/mol. The van der Waals surface area contributed by atoms with Crippen LogP contribution in [-0.2, 0) is 14.2 Å². The zero-order valence-electron chi connectivity index (χ0n) is 7.26. The molecule has 1 aliphatic heterocycles. The largest absolute Gasteiger partial charge is 0.331 e. The molecular formula is C8H16O3. The van der Waals surface area contributed by atoms with Crippen molar-refractivity contribution in [3.63, 3.8) is 0 Å². The van der Waals surface area contributed by atoms with Crippen molar-refractivity contribution in [2.45, 2.75) is 32.2 Å². The zero-order chi connectivity index (χ0) is 8.16. The minimum atomic E-state index is -0.729. The molecule has 1 rings (SSSR count). The number of rotatable bonds is 3. The molecule has 0 saturated carbocycles. The van der Waals surface area contributed by atoms with Gasteiger partial charge in [0.2, 0.25) is 0 Å². The molecule has 1 atom stereocenters. The van der Waals surface area contributed by atoms with Gasteiger partial charge in [-0.3, -0.25) is 0 Å². The summed E-state index contributed by atoms with van der Waals surface area (Å²) in [4.78, 5) is 0. The summed E-state index contributed by atoms with van der Waals surface area (Å²) in [7, 11) is 1.63. The Hall–Kier alpha value is -0.120. The van der Waals surface area contributed by atoms with Gasteiger partial charge in [-0.05, 0) is 19.8 Å². The van der Waals surface area contributed by atoms with Crippen LogP contribution in [0.3, 0.4) is 0 Å². The van der Waals surface area contributed by atoms with Crippen molar-refractivity contribution in [1.29, 1.82) is 0 Å². The molecule has 66 valence electrons. The second-order valence-corrected chi connectivity index (χ2v) is 2.63. The molecule has 3 heteroatoms. The van der Waals surface area contributed by atoms with Gasteiger partial charge in [0, 0.05) is 20.1 Å². The van der Waals surface area contributed by atoms with E-state index in [2.05, 4.69) is 0 Å². The van der Waals surface area contributed by atoms with Crippen LogP contribution < -0.4 is 0 Å². The summed E-state index contributed by atoms with van der Waals surface area (Å²) in [6.07, 6.45) is 3.07. The van der Waals surface area contributed by atoms with E-state index in [4.69, 9.17) is 14.2 Å². The highest BCUT2D eigenvalue weighted by Crippen LogP contribution is 2.26. The normalized spacial score (nSPS) is 32.2. The average molecular weight is 160 g/mol. The van der Waals surface area contributed by atoms with Crippen LogP contribution in [0, 0.1) is 0 Å². The van der Waals surface area contributed by atoms with E-state index in [-0.39, 0.29) is 0 Å². The van der Waals surface area contributed by atoms with Crippen molar-refractivity contribution in [2.24, 2.45) is 0 Å². The lowest BCUT2D eigenvalue weighted by Gasteiger charge is -2.34. The summed E-state index contributed by atoms with van der Waals surface area (Å²) in [6.45, 7) is 3.32. The Morgan fingerprint density at radius 3 is 2.73 bits per heavy atom. The first-order valence-electron chi connectivity index (χ1n) is 4.16. The van der Waals surface area contributed by atoms with E-state index in [0.717, 1.165) is 25.9 Å². The summed E-state index contributed by atoms with van der Waals surface area (Å²) < 4.78 is 16.0. The van der Waals surface area contributed by atoms with Crippen molar-refractivity contribution in [3.05, 3.63) is 0 Å². The molecule has 0 bridgehead atoms. The number of methoxy groups -OCH3 is 1. The molecule has 0 aromatic heterocycles. The smallest absolute Gasteiger partial charge is 0.282 e. The van der Waals surface area contributed by atoms with Gasteiger partial charge in [0.15, 0.2) is 0 Å². The Labute approximate surface area is 67.6 Å². The zero-order valence-corrected chi connectivity index (χ0v) is 7.26. The third-order valence-electron chi connectivity index (χ3n) is 1.87.